The van der Waals surface area contributed by atoms with Crippen LogP contribution in [0.15, 0.2) is 0 Å². The van der Waals surface area contributed by atoms with Crippen molar-refractivity contribution in [2.45, 2.75) is 342 Å². The quantitative estimate of drug-likeness (QED) is 0.0413. The zero-order valence-electron chi connectivity index (χ0n) is 48.6. The van der Waals surface area contributed by atoms with Gasteiger partial charge in [-0.05, 0) is 19.3 Å². The molecule has 72 heavy (non-hydrogen) atoms. The van der Waals surface area contributed by atoms with Crippen molar-refractivity contribution in [1.82, 2.24) is 16.0 Å². The molecule has 0 aromatic rings. The Hall–Kier alpha value is -2.19. The molecule has 1 rings (SSSR count). The maximum Gasteiger partial charge on any atom is 0.407 e. The topological polar surface area (TPSA) is 115 Å². The third-order valence-electron chi connectivity index (χ3n) is 15.9. The largest absolute Gasteiger partial charge is 0.449 e. The summed E-state index contributed by atoms with van der Waals surface area (Å²) in [4.78, 5) is 38.6. The van der Waals surface area contributed by atoms with Crippen LogP contribution in [0.2, 0.25) is 0 Å². The number of hydrogen-bond acceptors (Lipinski definition) is 6. The zero-order chi connectivity index (χ0) is 52.1. The molecule has 9 nitrogen and oxygen atoms in total. The van der Waals surface area contributed by atoms with Gasteiger partial charge in [0.25, 0.3) is 0 Å². The summed E-state index contributed by atoms with van der Waals surface area (Å²) in [6.07, 6.45) is 61.0. The third-order valence-corrected chi connectivity index (χ3v) is 15.9. The monoisotopic (exact) mass is 1020 g/mol. The normalized spacial score (nSPS) is 14.8. The van der Waals surface area contributed by atoms with Crippen LogP contribution in [0.3, 0.4) is 0 Å². The van der Waals surface area contributed by atoms with E-state index in [2.05, 4.69) is 36.7 Å². The van der Waals surface area contributed by atoms with Gasteiger partial charge >= 0.3 is 18.3 Å². The van der Waals surface area contributed by atoms with Gasteiger partial charge in [0.05, 0.1) is 5.41 Å². The second kappa shape index (κ2) is 52.3. The van der Waals surface area contributed by atoms with Crippen molar-refractivity contribution in [2.24, 2.45) is 11.3 Å². The molecule has 0 spiro atoms. The lowest BCUT2D eigenvalue weighted by molar-refractivity contribution is 0.0449. The number of alkyl carbamates (subject to hydrolysis) is 3. The fourth-order valence-corrected chi connectivity index (χ4v) is 10.6. The summed E-state index contributed by atoms with van der Waals surface area (Å²) < 4.78 is 17.4. The van der Waals surface area contributed by atoms with Crippen molar-refractivity contribution < 1.29 is 28.6 Å². The predicted molar refractivity (Wildman–Crippen MR) is 307 cm³/mol. The number of amides is 3. The summed E-state index contributed by atoms with van der Waals surface area (Å²) in [5.74, 6) is -0.125. The maximum atomic E-state index is 13.0. The molecule has 2 unspecified atom stereocenters. The van der Waals surface area contributed by atoms with E-state index in [0.717, 1.165) is 38.5 Å². The molecule has 0 aromatic heterocycles. The number of carbonyl (C=O) groups is 3. The summed E-state index contributed by atoms with van der Waals surface area (Å²) in [5.41, 5.74) is -0.775. The molecule has 1 aliphatic carbocycles. The molecule has 3 N–H and O–H groups in total. The van der Waals surface area contributed by atoms with Crippen LogP contribution in [0.25, 0.3) is 0 Å². The average Bonchev–Trinajstić information content (AvgIpc) is 3.93. The molecule has 0 aromatic carbocycles. The van der Waals surface area contributed by atoms with Crippen molar-refractivity contribution in [3.05, 3.63) is 0 Å². The molecular formula is C63H123N3O6. The average molecular weight is 1020 g/mol. The predicted octanol–water partition coefficient (Wildman–Crippen LogP) is 20.0. The Morgan fingerprint density at radius 1 is 0.306 bits per heavy atom. The summed E-state index contributed by atoms with van der Waals surface area (Å²) in [7, 11) is 0. The molecule has 1 saturated carbocycles. The van der Waals surface area contributed by atoms with Crippen molar-refractivity contribution in [3.8, 4) is 0 Å². The van der Waals surface area contributed by atoms with E-state index in [-0.39, 0.29) is 19.1 Å². The Labute approximate surface area is 447 Å². The number of ether oxygens (including phenoxy) is 3. The molecule has 9 heteroatoms. The highest BCUT2D eigenvalue weighted by Gasteiger charge is 2.67. The first-order valence-corrected chi connectivity index (χ1v) is 32.2. The fourth-order valence-electron chi connectivity index (χ4n) is 10.6. The Morgan fingerprint density at radius 3 is 0.722 bits per heavy atom. The number of hydrogen-bond donors (Lipinski definition) is 3. The van der Waals surface area contributed by atoms with Gasteiger partial charge in [-0.15, -0.1) is 0 Å². The maximum absolute atomic E-state index is 13.0. The van der Waals surface area contributed by atoms with Crippen LogP contribution in [0, 0.1) is 11.3 Å². The summed E-state index contributed by atoms with van der Waals surface area (Å²) in [5, 5.41) is 8.77. The molecule has 1 fully saturated rings. The van der Waals surface area contributed by atoms with Gasteiger partial charge < -0.3 is 30.2 Å². The van der Waals surface area contributed by atoms with Gasteiger partial charge in [0.1, 0.15) is 19.3 Å². The lowest BCUT2D eigenvalue weighted by Crippen LogP contribution is -2.35. The van der Waals surface area contributed by atoms with Gasteiger partial charge in [-0.2, -0.15) is 0 Å². The molecule has 0 radical (unpaired) electrons. The van der Waals surface area contributed by atoms with Gasteiger partial charge in [0.15, 0.2) is 0 Å². The van der Waals surface area contributed by atoms with Crippen molar-refractivity contribution in [1.29, 1.82) is 0 Å². The van der Waals surface area contributed by atoms with Crippen molar-refractivity contribution >= 4 is 18.3 Å². The highest BCUT2D eigenvalue weighted by molar-refractivity contribution is 5.69. The molecule has 0 bridgehead atoms. The molecule has 0 aliphatic heterocycles. The van der Waals surface area contributed by atoms with Gasteiger partial charge in [-0.25, -0.2) is 14.4 Å². The van der Waals surface area contributed by atoms with Gasteiger partial charge in [0.2, 0.25) is 0 Å². The first kappa shape index (κ1) is 67.8. The van der Waals surface area contributed by atoms with E-state index in [1.54, 1.807) is 0 Å². The number of rotatable bonds is 56. The molecule has 0 heterocycles. The highest BCUT2D eigenvalue weighted by Crippen LogP contribution is 2.55. The van der Waals surface area contributed by atoms with Crippen LogP contribution >= 0.6 is 0 Å². The minimum atomic E-state index is -0.775. The van der Waals surface area contributed by atoms with Gasteiger partial charge in [-0.1, -0.05) is 317 Å². The minimum Gasteiger partial charge on any atom is -0.449 e. The van der Waals surface area contributed by atoms with Crippen LogP contribution < -0.4 is 16.0 Å². The van der Waals surface area contributed by atoms with Crippen molar-refractivity contribution in [3.63, 3.8) is 0 Å². The second-order valence-electron chi connectivity index (χ2n) is 22.7. The van der Waals surface area contributed by atoms with E-state index in [4.69, 9.17) is 14.2 Å². The van der Waals surface area contributed by atoms with Crippen LogP contribution in [0.1, 0.15) is 336 Å². The first-order valence-electron chi connectivity index (χ1n) is 32.2. The Kier molecular flexibility index (Phi) is 49.2. The number of unbranched alkanes of at least 4 members (excludes halogenated alkanes) is 45. The molecule has 0 saturated heterocycles. The third kappa shape index (κ3) is 42.1. The van der Waals surface area contributed by atoms with E-state index in [0.29, 0.717) is 19.6 Å². The Balaban J connectivity index is 2.33. The first-order chi connectivity index (χ1) is 35.4. The SMILES string of the molecule is CCCCCCCCCCCCCCCCCCNC(=O)OCC1(COC(=O)NCCCCCCCCCCCCCCCCCC)C(C)C1OC(=O)NCCCCCCCCCCCCCCCCCC. The smallest absolute Gasteiger partial charge is 0.407 e. The lowest BCUT2D eigenvalue weighted by Gasteiger charge is -2.19. The zero-order valence-corrected chi connectivity index (χ0v) is 48.6. The van der Waals surface area contributed by atoms with Crippen LogP contribution in [-0.2, 0) is 14.2 Å². The molecular weight excluding hydrogens is 895 g/mol. The van der Waals surface area contributed by atoms with E-state index in [1.165, 1.54) is 270 Å². The van der Waals surface area contributed by atoms with Crippen molar-refractivity contribution in [2.75, 3.05) is 32.8 Å². The van der Waals surface area contributed by atoms with E-state index in [1.807, 2.05) is 6.92 Å². The summed E-state index contributed by atoms with van der Waals surface area (Å²) in [6.45, 7) is 10.6. The second-order valence-corrected chi connectivity index (χ2v) is 22.7. The molecule has 426 valence electrons. The minimum absolute atomic E-state index is 0.0163. The summed E-state index contributed by atoms with van der Waals surface area (Å²) in [6, 6.07) is 0. The Bertz CT molecular complexity index is 1130. The van der Waals surface area contributed by atoms with Crippen LogP contribution in [0.4, 0.5) is 14.4 Å². The molecule has 1 aliphatic rings. The van der Waals surface area contributed by atoms with E-state index in [9.17, 15) is 14.4 Å². The van der Waals surface area contributed by atoms with Gasteiger partial charge in [-0.3, -0.25) is 0 Å². The fraction of sp³-hybridized carbons (Fsp3) is 0.952. The van der Waals surface area contributed by atoms with E-state index < -0.39 is 29.8 Å². The molecule has 2 atom stereocenters. The number of carbonyl (C=O) groups excluding carboxylic acids is 3. The Morgan fingerprint density at radius 2 is 0.500 bits per heavy atom. The lowest BCUT2D eigenvalue weighted by atomic mass is 10.0. The van der Waals surface area contributed by atoms with E-state index >= 15 is 0 Å². The highest BCUT2D eigenvalue weighted by atomic mass is 16.6. The standard InChI is InChI=1S/C63H123N3O6/c1-5-8-11-14-17-20-23-26-29-32-35-38-41-44-47-50-53-64-60(67)70-56-63(57-71-61(68)65-54-51-48-45-42-39-36-33-30-27-24-21-18-15-12-9-6-2)58(4)59(63)72-62(69)66-55-52-49-46-43-40-37-34-31-28-25-22-19-16-13-10-7-3/h58-59H,5-57H2,1-4H3,(H,64,67)(H,65,68)(H,66,69). The van der Waals surface area contributed by atoms with Gasteiger partial charge in [0, 0.05) is 25.6 Å². The van der Waals surface area contributed by atoms with Crippen LogP contribution in [0.5, 0.6) is 0 Å². The van der Waals surface area contributed by atoms with Crippen LogP contribution in [-0.4, -0.2) is 57.2 Å². The number of nitrogens with one attached hydrogen (secondary N) is 3. The summed E-state index contributed by atoms with van der Waals surface area (Å²) >= 11 is 0. The molecule has 3 amide bonds.